The molecule has 0 N–H and O–H groups in total. The predicted octanol–water partition coefficient (Wildman–Crippen LogP) is 2.87. The van der Waals surface area contributed by atoms with Gasteiger partial charge in [-0.25, -0.2) is 8.42 Å². The summed E-state index contributed by atoms with van der Waals surface area (Å²) in [6.07, 6.45) is 4.32. The molecule has 126 valence electrons. The van der Waals surface area contributed by atoms with Gasteiger partial charge in [-0.3, -0.25) is 4.79 Å². The zero-order valence-corrected chi connectivity index (χ0v) is 14.9. The van der Waals surface area contributed by atoms with Crippen molar-refractivity contribution in [2.45, 2.75) is 63.4 Å². The molecule has 3 rings (SSSR count). The topological polar surface area (TPSA) is 54.5 Å². The van der Waals surface area contributed by atoms with Crippen molar-refractivity contribution in [1.82, 2.24) is 4.90 Å². The highest BCUT2D eigenvalue weighted by molar-refractivity contribution is 7.92. The van der Waals surface area contributed by atoms with Gasteiger partial charge in [0.15, 0.2) is 9.84 Å². The third-order valence-electron chi connectivity index (χ3n) is 4.95. The fraction of sp³-hybridized carbons (Fsp3) is 0.611. The summed E-state index contributed by atoms with van der Waals surface area (Å²) in [5.74, 6) is -0.0833. The summed E-state index contributed by atoms with van der Waals surface area (Å²) in [6.45, 7) is 5.79. The molecule has 0 aliphatic heterocycles. The molecule has 2 aliphatic carbocycles. The summed E-state index contributed by atoms with van der Waals surface area (Å²) in [5.41, 5.74) is 1.74. The first-order chi connectivity index (χ1) is 10.8. The Morgan fingerprint density at radius 1 is 1.22 bits per heavy atom. The highest BCUT2D eigenvalue weighted by Crippen LogP contribution is 2.40. The Hall–Kier alpha value is -1.36. The van der Waals surface area contributed by atoms with Gasteiger partial charge in [-0.2, -0.15) is 0 Å². The first kappa shape index (κ1) is 16.5. The van der Waals surface area contributed by atoms with E-state index < -0.39 is 15.6 Å². The first-order valence-electron chi connectivity index (χ1n) is 8.41. The van der Waals surface area contributed by atoms with E-state index in [0.29, 0.717) is 11.5 Å². The molecule has 4 nitrogen and oxygen atoms in total. The van der Waals surface area contributed by atoms with Gasteiger partial charge < -0.3 is 4.90 Å². The number of hydrogen-bond donors (Lipinski definition) is 0. The van der Waals surface area contributed by atoms with Crippen molar-refractivity contribution in [3.05, 3.63) is 29.3 Å². The van der Waals surface area contributed by atoms with Crippen LogP contribution in [0.4, 0.5) is 0 Å². The van der Waals surface area contributed by atoms with Crippen molar-refractivity contribution in [1.29, 1.82) is 0 Å². The third-order valence-corrected chi connectivity index (χ3v) is 6.71. The van der Waals surface area contributed by atoms with Crippen molar-refractivity contribution >= 4 is 15.7 Å². The Kier molecular flexibility index (Phi) is 4.25. The quantitative estimate of drug-likeness (QED) is 0.803. The lowest BCUT2D eigenvalue weighted by Gasteiger charge is -2.29. The number of rotatable bonds is 6. The maximum absolute atomic E-state index is 12.7. The Bertz CT molecular complexity index is 718. The van der Waals surface area contributed by atoms with Crippen molar-refractivity contribution in [2.75, 3.05) is 5.75 Å². The van der Waals surface area contributed by atoms with Gasteiger partial charge in [0.1, 0.15) is 5.75 Å². The fourth-order valence-corrected chi connectivity index (χ4v) is 4.84. The van der Waals surface area contributed by atoms with Crippen molar-refractivity contribution in [3.8, 4) is 0 Å². The summed E-state index contributed by atoms with van der Waals surface area (Å²) in [5, 5.41) is 0. The van der Waals surface area contributed by atoms with Crippen LogP contribution in [0.3, 0.4) is 0 Å². The first-order valence-corrected chi connectivity index (χ1v) is 10.1. The van der Waals surface area contributed by atoms with Gasteiger partial charge in [0.2, 0.25) is 5.91 Å². The van der Waals surface area contributed by atoms with E-state index in [1.165, 1.54) is 0 Å². The largest absolute Gasteiger partial charge is 0.336 e. The second-order valence-corrected chi connectivity index (χ2v) is 9.10. The van der Waals surface area contributed by atoms with E-state index in [1.54, 1.807) is 19.1 Å². The third kappa shape index (κ3) is 3.60. The van der Waals surface area contributed by atoms with E-state index in [0.717, 1.165) is 31.2 Å². The molecule has 0 spiro atoms. The molecule has 0 heterocycles. The Morgan fingerprint density at radius 2 is 1.87 bits per heavy atom. The van der Waals surface area contributed by atoms with Crippen LogP contribution in [0.25, 0.3) is 0 Å². The number of hydrogen-bond acceptors (Lipinski definition) is 3. The van der Waals surface area contributed by atoms with Crippen LogP contribution in [0.2, 0.25) is 0 Å². The summed E-state index contributed by atoms with van der Waals surface area (Å²) < 4.78 is 25.4. The van der Waals surface area contributed by atoms with Crippen LogP contribution in [0.5, 0.6) is 0 Å². The molecule has 1 unspecified atom stereocenters. The minimum Gasteiger partial charge on any atom is -0.336 e. The van der Waals surface area contributed by atoms with Crippen molar-refractivity contribution < 1.29 is 13.2 Å². The molecular formula is C18H25NO3S. The number of amides is 1. The molecule has 0 bridgehead atoms. The Morgan fingerprint density at radius 3 is 2.39 bits per heavy atom. The van der Waals surface area contributed by atoms with E-state index in [4.69, 9.17) is 0 Å². The zero-order valence-electron chi connectivity index (χ0n) is 14.1. The number of nitrogens with zero attached hydrogens (tertiary/aromatic N) is 1. The molecular weight excluding hydrogens is 310 g/mol. The summed E-state index contributed by atoms with van der Waals surface area (Å²) in [7, 11) is -3.59. The molecule has 1 amide bonds. The average Bonchev–Trinajstić information content (AvgIpc) is 3.31. The van der Waals surface area contributed by atoms with Crippen LogP contribution >= 0.6 is 0 Å². The summed E-state index contributed by atoms with van der Waals surface area (Å²) >= 11 is 0. The van der Waals surface area contributed by atoms with E-state index >= 15 is 0 Å². The number of carbonyl (C=O) groups is 1. The van der Waals surface area contributed by atoms with Gasteiger partial charge in [0.25, 0.3) is 0 Å². The van der Waals surface area contributed by atoms with Crippen LogP contribution in [0.15, 0.2) is 23.1 Å². The Balaban J connectivity index is 1.79. The predicted molar refractivity (Wildman–Crippen MR) is 90.0 cm³/mol. The molecule has 0 saturated heterocycles. The van der Waals surface area contributed by atoms with Gasteiger partial charge in [0.05, 0.1) is 4.90 Å². The van der Waals surface area contributed by atoms with E-state index in [1.807, 2.05) is 17.9 Å². The molecule has 1 atom stereocenters. The van der Waals surface area contributed by atoms with Gasteiger partial charge in [0, 0.05) is 12.1 Å². The molecule has 0 aromatic heterocycles. The number of aryl methyl sites for hydroxylation is 2. The molecule has 0 radical (unpaired) electrons. The number of benzene rings is 1. The SMILES string of the molecule is Cc1ccc(S(=O)(=O)CC(=O)N(C2CC2)C(C)C2CC2)c(C)c1. The average molecular weight is 335 g/mol. The van der Waals surface area contributed by atoms with Gasteiger partial charge in [-0.15, -0.1) is 0 Å². The minimum absolute atomic E-state index is 0.171. The monoisotopic (exact) mass is 335 g/mol. The zero-order chi connectivity index (χ0) is 16.8. The second kappa shape index (κ2) is 5.93. The van der Waals surface area contributed by atoms with Gasteiger partial charge >= 0.3 is 0 Å². The van der Waals surface area contributed by atoms with Gasteiger partial charge in [-0.1, -0.05) is 17.7 Å². The molecule has 2 fully saturated rings. The lowest BCUT2D eigenvalue weighted by atomic mass is 10.2. The van der Waals surface area contributed by atoms with Crippen LogP contribution in [0.1, 0.15) is 43.7 Å². The number of sulfone groups is 1. The molecule has 1 aromatic carbocycles. The molecule has 5 heteroatoms. The minimum atomic E-state index is -3.59. The molecule has 1 aromatic rings. The standard InChI is InChI=1S/C18H25NO3S/c1-12-4-9-17(13(2)10-12)23(21,22)11-18(20)19(16-7-8-16)14(3)15-5-6-15/h4,9-10,14-16H,5-8,11H2,1-3H3. The van der Waals surface area contributed by atoms with E-state index in [2.05, 4.69) is 6.92 Å². The van der Waals surface area contributed by atoms with Crippen LogP contribution in [-0.4, -0.2) is 37.1 Å². The van der Waals surface area contributed by atoms with Crippen molar-refractivity contribution in [2.24, 2.45) is 5.92 Å². The maximum atomic E-state index is 12.7. The molecule has 2 saturated carbocycles. The maximum Gasteiger partial charge on any atom is 0.238 e. The van der Waals surface area contributed by atoms with Crippen LogP contribution in [-0.2, 0) is 14.6 Å². The highest BCUT2D eigenvalue weighted by atomic mass is 32.2. The Labute approximate surface area is 138 Å². The fourth-order valence-electron chi connectivity index (χ4n) is 3.38. The van der Waals surface area contributed by atoms with Gasteiger partial charge in [-0.05, 0) is 64.0 Å². The molecule has 2 aliphatic rings. The smallest absolute Gasteiger partial charge is 0.238 e. The van der Waals surface area contributed by atoms with E-state index in [-0.39, 0.29) is 22.9 Å². The summed E-state index contributed by atoms with van der Waals surface area (Å²) in [6, 6.07) is 5.69. The number of carbonyl (C=O) groups excluding carboxylic acids is 1. The normalized spacial score (nSPS) is 19.4. The highest BCUT2D eigenvalue weighted by Gasteiger charge is 2.42. The van der Waals surface area contributed by atoms with Crippen molar-refractivity contribution in [3.63, 3.8) is 0 Å². The molecule has 23 heavy (non-hydrogen) atoms. The summed E-state index contributed by atoms with van der Waals surface area (Å²) in [4.78, 5) is 14.9. The lowest BCUT2D eigenvalue weighted by molar-refractivity contribution is -0.131. The lowest BCUT2D eigenvalue weighted by Crippen LogP contribution is -2.44. The van der Waals surface area contributed by atoms with Crippen LogP contribution < -0.4 is 0 Å². The second-order valence-electron chi connectivity index (χ2n) is 7.14. The van der Waals surface area contributed by atoms with Crippen LogP contribution in [0, 0.1) is 19.8 Å². The van der Waals surface area contributed by atoms with E-state index in [9.17, 15) is 13.2 Å².